The number of hydrogen-bond donors (Lipinski definition) is 0. The average Bonchev–Trinajstić information content (AvgIpc) is 2.44. The van der Waals surface area contributed by atoms with E-state index in [1.54, 1.807) is 27.9 Å². The third-order valence-electron chi connectivity index (χ3n) is 2.92. The smallest absolute Gasteiger partial charge is 0.328 e. The van der Waals surface area contributed by atoms with Crippen LogP contribution in [0, 0.1) is 0 Å². The molecule has 20 heavy (non-hydrogen) atoms. The number of carbonyl (C=O) groups excluding carboxylic acids is 2. The first-order valence-electron chi connectivity index (χ1n) is 6.65. The first-order valence-corrected chi connectivity index (χ1v) is 6.65. The van der Waals surface area contributed by atoms with Crippen molar-refractivity contribution in [3.05, 3.63) is 35.9 Å². The van der Waals surface area contributed by atoms with Crippen molar-refractivity contribution < 1.29 is 14.3 Å². The zero-order valence-corrected chi connectivity index (χ0v) is 12.5. The lowest BCUT2D eigenvalue weighted by Gasteiger charge is -2.30. The van der Waals surface area contributed by atoms with Gasteiger partial charge in [0.15, 0.2) is 0 Å². The van der Waals surface area contributed by atoms with Gasteiger partial charge in [0.2, 0.25) is 0 Å². The largest absolute Gasteiger partial charge is 0.464 e. The van der Waals surface area contributed by atoms with E-state index in [1.807, 2.05) is 30.3 Å². The van der Waals surface area contributed by atoms with Crippen LogP contribution in [0.4, 0.5) is 4.79 Å². The monoisotopic (exact) mass is 278 g/mol. The number of benzene rings is 1. The van der Waals surface area contributed by atoms with Crippen LogP contribution in [-0.2, 0) is 16.1 Å². The van der Waals surface area contributed by atoms with Crippen LogP contribution >= 0.6 is 0 Å². The Morgan fingerprint density at radius 3 is 2.30 bits per heavy atom. The highest BCUT2D eigenvalue weighted by Crippen LogP contribution is 2.11. The molecule has 110 valence electrons. The predicted molar refractivity (Wildman–Crippen MR) is 77.2 cm³/mol. The maximum Gasteiger partial charge on any atom is 0.328 e. The molecular weight excluding hydrogens is 256 g/mol. The summed E-state index contributed by atoms with van der Waals surface area (Å²) in [4.78, 5) is 27.1. The molecule has 0 spiro atoms. The molecule has 0 aliphatic rings. The lowest BCUT2D eigenvalue weighted by molar-refractivity contribution is -0.148. The Labute approximate surface area is 120 Å². The fourth-order valence-corrected chi connectivity index (χ4v) is 1.80. The van der Waals surface area contributed by atoms with E-state index in [2.05, 4.69) is 0 Å². The zero-order chi connectivity index (χ0) is 15.1. The maximum atomic E-state index is 12.2. The van der Waals surface area contributed by atoms with Crippen molar-refractivity contribution >= 4 is 12.0 Å². The second-order valence-corrected chi connectivity index (χ2v) is 4.72. The Kier molecular flexibility index (Phi) is 6.03. The van der Waals surface area contributed by atoms with E-state index in [4.69, 9.17) is 4.74 Å². The highest BCUT2D eigenvalue weighted by Gasteiger charge is 2.28. The molecule has 1 aromatic carbocycles. The first kappa shape index (κ1) is 16.0. The van der Waals surface area contributed by atoms with Crippen molar-refractivity contribution in [2.24, 2.45) is 0 Å². The molecule has 5 heteroatoms. The van der Waals surface area contributed by atoms with Crippen molar-refractivity contribution in [2.45, 2.75) is 26.4 Å². The second kappa shape index (κ2) is 7.53. The molecule has 0 aliphatic heterocycles. The summed E-state index contributed by atoms with van der Waals surface area (Å²) in [5, 5.41) is 0. The van der Waals surface area contributed by atoms with E-state index in [1.165, 1.54) is 9.80 Å². The van der Waals surface area contributed by atoms with E-state index in [9.17, 15) is 9.59 Å². The van der Waals surface area contributed by atoms with Crippen LogP contribution in [0.1, 0.15) is 19.4 Å². The number of esters is 1. The Bertz CT molecular complexity index is 446. The Morgan fingerprint density at radius 2 is 1.80 bits per heavy atom. The second-order valence-electron chi connectivity index (χ2n) is 4.72. The van der Waals surface area contributed by atoms with Crippen molar-refractivity contribution in [1.82, 2.24) is 9.80 Å². The number of hydrogen-bond acceptors (Lipinski definition) is 3. The third kappa shape index (κ3) is 4.26. The summed E-state index contributed by atoms with van der Waals surface area (Å²) in [5.41, 5.74) is 0.971. The van der Waals surface area contributed by atoms with E-state index in [0.717, 1.165) is 5.56 Å². The van der Waals surface area contributed by atoms with Gasteiger partial charge in [-0.25, -0.2) is 9.59 Å². The number of carbonyl (C=O) groups is 2. The van der Waals surface area contributed by atoms with Gasteiger partial charge in [-0.1, -0.05) is 30.3 Å². The molecule has 1 atom stereocenters. The van der Waals surface area contributed by atoms with Crippen LogP contribution in [0.25, 0.3) is 0 Å². The van der Waals surface area contributed by atoms with Crippen molar-refractivity contribution in [1.29, 1.82) is 0 Å². The van der Waals surface area contributed by atoms with Gasteiger partial charge in [0.1, 0.15) is 6.04 Å². The minimum absolute atomic E-state index is 0.214. The normalized spacial score (nSPS) is 11.6. The topological polar surface area (TPSA) is 49.9 Å². The summed E-state index contributed by atoms with van der Waals surface area (Å²) < 4.78 is 5.00. The quantitative estimate of drug-likeness (QED) is 0.775. The number of ether oxygens (including phenoxy) is 1. The van der Waals surface area contributed by atoms with Gasteiger partial charge in [-0.05, 0) is 19.4 Å². The van der Waals surface area contributed by atoms with Gasteiger partial charge in [0, 0.05) is 20.6 Å². The molecule has 0 fully saturated rings. The van der Waals surface area contributed by atoms with E-state index in [0.29, 0.717) is 13.2 Å². The first-order chi connectivity index (χ1) is 9.47. The molecule has 5 nitrogen and oxygen atoms in total. The summed E-state index contributed by atoms with van der Waals surface area (Å²) in [7, 11) is 3.33. The van der Waals surface area contributed by atoms with Crippen LogP contribution in [0.5, 0.6) is 0 Å². The third-order valence-corrected chi connectivity index (χ3v) is 2.92. The molecule has 0 aliphatic carbocycles. The molecule has 0 aromatic heterocycles. The molecule has 0 radical (unpaired) electrons. The molecule has 1 unspecified atom stereocenters. The van der Waals surface area contributed by atoms with Gasteiger partial charge in [0.25, 0.3) is 0 Å². The van der Waals surface area contributed by atoms with E-state index in [-0.39, 0.29) is 6.03 Å². The number of rotatable bonds is 5. The van der Waals surface area contributed by atoms with Crippen LogP contribution < -0.4 is 0 Å². The molecule has 2 amide bonds. The van der Waals surface area contributed by atoms with Gasteiger partial charge in [-0.15, -0.1) is 0 Å². The van der Waals surface area contributed by atoms with Crippen molar-refractivity contribution in [2.75, 3.05) is 20.7 Å². The molecule has 0 saturated carbocycles. The van der Waals surface area contributed by atoms with E-state index < -0.39 is 12.0 Å². The van der Waals surface area contributed by atoms with Crippen molar-refractivity contribution in [3.63, 3.8) is 0 Å². The van der Waals surface area contributed by atoms with Gasteiger partial charge in [-0.2, -0.15) is 0 Å². The Morgan fingerprint density at radius 1 is 1.20 bits per heavy atom. The van der Waals surface area contributed by atoms with Crippen LogP contribution in [0.3, 0.4) is 0 Å². The molecule has 0 saturated heterocycles. The summed E-state index contributed by atoms with van der Waals surface area (Å²) in [6.07, 6.45) is 0. The highest BCUT2D eigenvalue weighted by atomic mass is 16.5. The molecule has 0 heterocycles. The lowest BCUT2D eigenvalue weighted by Crippen LogP contribution is -2.47. The zero-order valence-electron chi connectivity index (χ0n) is 12.5. The summed E-state index contributed by atoms with van der Waals surface area (Å²) in [6, 6.07) is 8.74. The number of urea groups is 1. The van der Waals surface area contributed by atoms with Crippen LogP contribution in [-0.4, -0.2) is 48.5 Å². The van der Waals surface area contributed by atoms with Gasteiger partial charge in [-0.3, -0.25) is 0 Å². The molecule has 1 rings (SSSR count). The molecule has 0 bridgehead atoms. The van der Waals surface area contributed by atoms with E-state index >= 15 is 0 Å². The van der Waals surface area contributed by atoms with Gasteiger partial charge < -0.3 is 14.5 Å². The molecule has 0 N–H and O–H groups in total. The van der Waals surface area contributed by atoms with Gasteiger partial charge in [0.05, 0.1) is 6.61 Å². The molecule has 1 aromatic rings. The average molecular weight is 278 g/mol. The maximum absolute atomic E-state index is 12.2. The minimum Gasteiger partial charge on any atom is -0.464 e. The highest BCUT2D eigenvalue weighted by molar-refractivity contribution is 5.83. The van der Waals surface area contributed by atoms with Crippen LogP contribution in [0.15, 0.2) is 30.3 Å². The summed E-state index contributed by atoms with van der Waals surface area (Å²) in [6.45, 7) is 4.11. The Balaban J connectivity index is 2.91. The fourth-order valence-electron chi connectivity index (χ4n) is 1.80. The van der Waals surface area contributed by atoms with Crippen molar-refractivity contribution in [3.8, 4) is 0 Å². The fraction of sp³-hybridized carbons (Fsp3) is 0.467. The lowest BCUT2D eigenvalue weighted by atomic mass is 10.2. The summed E-state index contributed by atoms with van der Waals surface area (Å²) >= 11 is 0. The molecular formula is C15H22N2O3. The Hall–Kier alpha value is -2.04. The number of nitrogens with zero attached hydrogens (tertiary/aromatic N) is 2. The summed E-state index contributed by atoms with van der Waals surface area (Å²) in [5.74, 6) is -0.390. The van der Waals surface area contributed by atoms with Gasteiger partial charge >= 0.3 is 12.0 Å². The standard InChI is InChI=1S/C15H22N2O3/c1-5-20-14(18)12(2)17(15(19)16(3)4)11-13-9-7-6-8-10-13/h6-10,12H,5,11H2,1-4H3. The minimum atomic E-state index is -0.620. The van der Waals surface area contributed by atoms with Crippen LogP contribution in [0.2, 0.25) is 0 Å². The predicted octanol–water partition coefficient (Wildman–Crippen LogP) is 2.12. The SMILES string of the molecule is CCOC(=O)C(C)N(Cc1ccccc1)C(=O)N(C)C. The number of amides is 2.